The van der Waals surface area contributed by atoms with E-state index < -0.39 is 16.1 Å². The van der Waals surface area contributed by atoms with Gasteiger partial charge in [0.15, 0.2) is 0 Å². The highest BCUT2D eigenvalue weighted by atomic mass is 28.3. The van der Waals surface area contributed by atoms with E-state index in [1.807, 2.05) is 0 Å². The number of unbranched alkanes of at least 4 members (excludes halogenated alkanes) is 2. The Labute approximate surface area is 151 Å². The summed E-state index contributed by atoms with van der Waals surface area (Å²) >= 11 is 0. The summed E-state index contributed by atoms with van der Waals surface area (Å²) in [6, 6.07) is 0. The van der Waals surface area contributed by atoms with Crippen molar-refractivity contribution in [2.45, 2.75) is 89.9 Å². The average Bonchev–Trinajstić information content (AvgIpc) is 2.42. The van der Waals surface area contributed by atoms with Crippen LogP contribution in [-0.2, 0) is 9.59 Å². The lowest BCUT2D eigenvalue weighted by Gasteiger charge is -2.40. The number of carbonyl (C=O) groups excluding carboxylic acids is 2. The highest BCUT2D eigenvalue weighted by Crippen LogP contribution is 2.41. The molecular formula is C18H40N2O2Si2. The normalized spacial score (nSPS) is 14.8. The molecule has 2 amide bonds. The van der Waals surface area contributed by atoms with E-state index in [0.717, 1.165) is 25.7 Å². The number of carbonyl (C=O) groups is 2. The van der Waals surface area contributed by atoms with Gasteiger partial charge in [-0.25, -0.2) is 0 Å². The van der Waals surface area contributed by atoms with Gasteiger partial charge in [0, 0.05) is 24.2 Å². The Balaban J connectivity index is 5.44. The summed E-state index contributed by atoms with van der Waals surface area (Å²) < 4.78 is 0. The van der Waals surface area contributed by atoms with E-state index in [0.29, 0.717) is 13.1 Å². The Morgan fingerprint density at radius 2 is 1.00 bits per heavy atom. The Kier molecular flexibility index (Phi) is 10.1. The molecule has 0 fully saturated rings. The van der Waals surface area contributed by atoms with Gasteiger partial charge in [-0.05, 0) is 12.8 Å². The number of rotatable bonds is 11. The van der Waals surface area contributed by atoms with Gasteiger partial charge in [0.1, 0.15) is 0 Å². The van der Waals surface area contributed by atoms with Crippen molar-refractivity contribution in [3.63, 3.8) is 0 Å². The van der Waals surface area contributed by atoms with Crippen LogP contribution in [0, 0.1) is 0 Å². The van der Waals surface area contributed by atoms with Gasteiger partial charge in [-0.1, -0.05) is 66.0 Å². The van der Waals surface area contributed by atoms with Crippen molar-refractivity contribution in [3.05, 3.63) is 0 Å². The molecule has 0 heterocycles. The highest BCUT2D eigenvalue weighted by molar-refractivity contribution is 6.87. The van der Waals surface area contributed by atoms with E-state index >= 15 is 0 Å². The minimum atomic E-state index is -1.83. The summed E-state index contributed by atoms with van der Waals surface area (Å²) in [7, 11) is -3.66. The smallest absolute Gasteiger partial charge is 0.220 e. The van der Waals surface area contributed by atoms with Gasteiger partial charge in [0.2, 0.25) is 11.8 Å². The molecule has 0 unspecified atom stereocenters. The van der Waals surface area contributed by atoms with Crippen molar-refractivity contribution in [2.24, 2.45) is 0 Å². The second-order valence-corrected chi connectivity index (χ2v) is 19.7. The molecule has 0 aromatic rings. The van der Waals surface area contributed by atoms with Crippen LogP contribution in [0.4, 0.5) is 0 Å². The maximum absolute atomic E-state index is 13.0. The van der Waals surface area contributed by atoms with Crippen LogP contribution < -0.4 is 10.6 Å². The summed E-state index contributed by atoms with van der Waals surface area (Å²) in [5, 5.41) is 6.21. The lowest BCUT2D eigenvalue weighted by Crippen LogP contribution is -2.53. The SMILES string of the molecule is CCCCNC(=O)[C@H]([C@H](C(=O)NCCCC)[Si](C)(C)C)[Si](C)(C)C. The zero-order valence-corrected chi connectivity index (χ0v) is 19.2. The van der Waals surface area contributed by atoms with Gasteiger partial charge >= 0.3 is 0 Å². The number of hydrogen-bond acceptors (Lipinski definition) is 2. The molecule has 0 spiro atoms. The summed E-state index contributed by atoms with van der Waals surface area (Å²) in [5.41, 5.74) is -0.301. The van der Waals surface area contributed by atoms with Crippen LogP contribution in [0.25, 0.3) is 0 Å². The van der Waals surface area contributed by atoms with Crippen LogP contribution in [0.3, 0.4) is 0 Å². The largest absolute Gasteiger partial charge is 0.356 e. The van der Waals surface area contributed by atoms with Gasteiger partial charge in [0.05, 0.1) is 16.1 Å². The van der Waals surface area contributed by atoms with Crippen molar-refractivity contribution in [3.8, 4) is 0 Å². The van der Waals surface area contributed by atoms with E-state index in [1.165, 1.54) is 0 Å². The highest BCUT2D eigenvalue weighted by Gasteiger charge is 2.48. The third kappa shape index (κ3) is 7.97. The molecule has 0 bridgehead atoms. The monoisotopic (exact) mass is 372 g/mol. The zero-order chi connectivity index (χ0) is 19.0. The first-order chi connectivity index (χ1) is 11.0. The standard InChI is InChI=1S/C18H40N2O2Si2/c1-9-11-13-19-17(21)15(23(3,4)5)16(24(6,7)8)18(22)20-14-12-10-2/h15-16H,9-14H2,1-8H3,(H,19,21)(H,20,22)/t15-,16+. The fourth-order valence-corrected chi connectivity index (χ4v) is 10.2. The van der Waals surface area contributed by atoms with Crippen LogP contribution in [-0.4, -0.2) is 41.1 Å². The van der Waals surface area contributed by atoms with E-state index in [9.17, 15) is 9.59 Å². The minimum Gasteiger partial charge on any atom is -0.356 e. The Bertz CT molecular complexity index is 363. The lowest BCUT2D eigenvalue weighted by molar-refractivity contribution is -0.126. The van der Waals surface area contributed by atoms with Gasteiger partial charge in [-0.2, -0.15) is 0 Å². The van der Waals surface area contributed by atoms with Crippen LogP contribution >= 0.6 is 0 Å². The number of amides is 2. The van der Waals surface area contributed by atoms with Gasteiger partial charge in [0.25, 0.3) is 0 Å². The third-order valence-electron chi connectivity index (χ3n) is 4.42. The molecule has 4 nitrogen and oxygen atoms in total. The molecule has 6 heteroatoms. The molecule has 2 N–H and O–H groups in total. The summed E-state index contributed by atoms with van der Waals surface area (Å²) in [6.45, 7) is 18.9. The Hall–Kier alpha value is -0.626. The van der Waals surface area contributed by atoms with Crippen LogP contribution in [0.1, 0.15) is 39.5 Å². The molecule has 0 aromatic carbocycles. The molecule has 0 aliphatic carbocycles. The van der Waals surface area contributed by atoms with Gasteiger partial charge < -0.3 is 10.6 Å². The third-order valence-corrected chi connectivity index (χ3v) is 9.68. The quantitative estimate of drug-likeness (QED) is 0.421. The average molecular weight is 373 g/mol. The second-order valence-electron chi connectivity index (χ2n) is 8.98. The minimum absolute atomic E-state index is 0.0979. The van der Waals surface area contributed by atoms with E-state index in [-0.39, 0.29) is 22.9 Å². The van der Waals surface area contributed by atoms with Crippen molar-refractivity contribution < 1.29 is 9.59 Å². The zero-order valence-electron chi connectivity index (χ0n) is 17.2. The maximum Gasteiger partial charge on any atom is 0.220 e. The maximum atomic E-state index is 13.0. The molecular weight excluding hydrogens is 332 g/mol. The fourth-order valence-electron chi connectivity index (χ4n) is 3.09. The topological polar surface area (TPSA) is 58.2 Å². The van der Waals surface area contributed by atoms with E-state index in [1.54, 1.807) is 0 Å². The predicted octanol–water partition coefficient (Wildman–Crippen LogP) is 4.24. The molecule has 24 heavy (non-hydrogen) atoms. The van der Waals surface area contributed by atoms with Gasteiger partial charge in [-0.15, -0.1) is 0 Å². The number of hydrogen-bond donors (Lipinski definition) is 2. The van der Waals surface area contributed by atoms with Crippen molar-refractivity contribution in [1.29, 1.82) is 0 Å². The molecule has 0 aliphatic heterocycles. The molecule has 0 saturated heterocycles. The number of nitrogens with one attached hydrogen (secondary N) is 2. The van der Waals surface area contributed by atoms with Gasteiger partial charge in [-0.3, -0.25) is 9.59 Å². The first-order valence-corrected chi connectivity index (χ1v) is 16.7. The molecule has 142 valence electrons. The van der Waals surface area contributed by atoms with Crippen LogP contribution in [0.15, 0.2) is 0 Å². The van der Waals surface area contributed by atoms with Crippen molar-refractivity contribution >= 4 is 28.0 Å². The molecule has 0 aromatic heterocycles. The van der Waals surface area contributed by atoms with E-state index in [4.69, 9.17) is 0 Å². The molecule has 0 aliphatic rings. The molecule has 0 radical (unpaired) electrons. The predicted molar refractivity (Wildman–Crippen MR) is 110 cm³/mol. The van der Waals surface area contributed by atoms with Crippen LogP contribution in [0.5, 0.6) is 0 Å². The summed E-state index contributed by atoms with van der Waals surface area (Å²) in [4.78, 5) is 25.9. The molecule has 0 saturated carbocycles. The molecule has 2 atom stereocenters. The first kappa shape index (κ1) is 23.4. The lowest BCUT2D eigenvalue weighted by atomic mass is 10.2. The fraction of sp³-hybridized carbons (Fsp3) is 0.889. The second kappa shape index (κ2) is 10.4. The van der Waals surface area contributed by atoms with Crippen LogP contribution in [0.2, 0.25) is 50.4 Å². The summed E-state index contributed by atoms with van der Waals surface area (Å²) in [6.07, 6.45) is 4.11. The Morgan fingerprint density at radius 3 is 1.21 bits per heavy atom. The Morgan fingerprint density at radius 1 is 0.708 bits per heavy atom. The van der Waals surface area contributed by atoms with Crippen molar-refractivity contribution in [1.82, 2.24) is 10.6 Å². The van der Waals surface area contributed by atoms with Crippen molar-refractivity contribution in [2.75, 3.05) is 13.1 Å². The summed E-state index contributed by atoms with van der Waals surface area (Å²) in [5.74, 6) is 0.196. The molecule has 0 rings (SSSR count). The first-order valence-electron chi connectivity index (χ1n) is 9.52. The van der Waals surface area contributed by atoms with E-state index in [2.05, 4.69) is 63.8 Å².